The van der Waals surface area contributed by atoms with E-state index in [-0.39, 0.29) is 5.82 Å². The first-order valence-electron chi connectivity index (χ1n) is 2.87. The molecular formula is C7H5FINO. The van der Waals surface area contributed by atoms with E-state index in [1.54, 1.807) is 12.1 Å². The van der Waals surface area contributed by atoms with Crippen molar-refractivity contribution >= 4 is 28.8 Å². The van der Waals surface area contributed by atoms with Crippen molar-refractivity contribution in [3.05, 3.63) is 33.1 Å². The number of hydrogen-bond donors (Lipinski definition) is 1. The van der Waals surface area contributed by atoms with Crippen LogP contribution in [0.25, 0.3) is 0 Å². The van der Waals surface area contributed by atoms with E-state index >= 15 is 0 Å². The van der Waals surface area contributed by atoms with Gasteiger partial charge in [0.1, 0.15) is 5.82 Å². The minimum Gasteiger partial charge on any atom is -0.411 e. The molecule has 0 fully saturated rings. The molecule has 2 nitrogen and oxygen atoms in total. The lowest BCUT2D eigenvalue weighted by atomic mass is 10.2. The highest BCUT2D eigenvalue weighted by Crippen LogP contribution is 2.12. The molecule has 1 N–H and O–H groups in total. The lowest BCUT2D eigenvalue weighted by Gasteiger charge is -1.95. The van der Waals surface area contributed by atoms with Gasteiger partial charge in [0.05, 0.1) is 6.21 Å². The summed E-state index contributed by atoms with van der Waals surface area (Å²) in [5, 5.41) is 10.9. The van der Waals surface area contributed by atoms with Gasteiger partial charge in [-0.25, -0.2) is 4.39 Å². The first-order valence-corrected chi connectivity index (χ1v) is 3.95. The maximum absolute atomic E-state index is 13.0. The third-order valence-electron chi connectivity index (χ3n) is 1.18. The molecule has 11 heavy (non-hydrogen) atoms. The molecule has 0 aromatic heterocycles. The van der Waals surface area contributed by atoms with Crippen LogP contribution >= 0.6 is 22.6 Å². The Kier molecular flexibility index (Phi) is 2.81. The summed E-state index contributed by atoms with van der Waals surface area (Å²) in [6.07, 6.45) is 1.07. The maximum atomic E-state index is 13.0. The van der Waals surface area contributed by atoms with E-state index in [9.17, 15) is 4.39 Å². The molecule has 0 saturated carbocycles. The molecule has 1 aromatic rings. The minimum atomic E-state index is -0.356. The van der Waals surface area contributed by atoms with Crippen LogP contribution in [0.5, 0.6) is 0 Å². The first-order chi connectivity index (χ1) is 5.25. The molecule has 0 atom stereocenters. The summed E-state index contributed by atoms with van der Waals surface area (Å²) < 4.78 is 13.5. The summed E-state index contributed by atoms with van der Waals surface area (Å²) >= 11 is 1.87. The molecule has 1 aromatic carbocycles. The average molecular weight is 265 g/mol. The molecule has 0 heterocycles. The second-order valence-electron chi connectivity index (χ2n) is 1.89. The average Bonchev–Trinajstić information content (AvgIpc) is 1.99. The number of rotatable bonds is 1. The Morgan fingerprint density at radius 2 is 2.27 bits per heavy atom. The molecule has 0 aliphatic carbocycles. The van der Waals surface area contributed by atoms with Crippen LogP contribution in [0.4, 0.5) is 4.39 Å². The van der Waals surface area contributed by atoms with Gasteiger partial charge in [0.25, 0.3) is 0 Å². The van der Waals surface area contributed by atoms with Crippen molar-refractivity contribution in [2.24, 2.45) is 5.16 Å². The summed E-state index contributed by atoms with van der Waals surface area (Å²) in [5.41, 5.74) is 0.291. The molecule has 1 rings (SSSR count). The third-order valence-corrected chi connectivity index (χ3v) is 2.01. The molecular weight excluding hydrogens is 260 g/mol. The van der Waals surface area contributed by atoms with E-state index in [1.807, 2.05) is 22.6 Å². The molecule has 4 heteroatoms. The topological polar surface area (TPSA) is 32.6 Å². The van der Waals surface area contributed by atoms with Crippen LogP contribution in [0.1, 0.15) is 5.56 Å². The monoisotopic (exact) mass is 265 g/mol. The summed E-state index contributed by atoms with van der Waals surface area (Å²) in [5.74, 6) is -0.356. The summed E-state index contributed by atoms with van der Waals surface area (Å²) in [6, 6.07) is 4.88. The fraction of sp³-hybridized carbons (Fsp3) is 0. The molecule has 0 saturated heterocycles. The van der Waals surface area contributed by atoms with Gasteiger partial charge < -0.3 is 5.21 Å². The maximum Gasteiger partial charge on any atom is 0.145 e. The van der Waals surface area contributed by atoms with Gasteiger partial charge in [-0.15, -0.1) is 0 Å². The standard InChI is InChI=1S/C7H5FINO/c8-7-5(4-10-11)2-1-3-6(7)9/h1-4,11H/b10-4-. The summed E-state index contributed by atoms with van der Waals surface area (Å²) in [6.45, 7) is 0. The molecule has 58 valence electrons. The largest absolute Gasteiger partial charge is 0.411 e. The first kappa shape index (κ1) is 8.45. The van der Waals surface area contributed by atoms with Crippen LogP contribution in [0.2, 0.25) is 0 Å². The number of oxime groups is 1. The van der Waals surface area contributed by atoms with Gasteiger partial charge >= 0.3 is 0 Å². The summed E-state index contributed by atoms with van der Waals surface area (Å²) in [7, 11) is 0. The number of benzene rings is 1. The highest BCUT2D eigenvalue weighted by atomic mass is 127. The number of hydrogen-bond acceptors (Lipinski definition) is 2. The minimum absolute atomic E-state index is 0.291. The van der Waals surface area contributed by atoms with Crippen molar-refractivity contribution in [2.75, 3.05) is 0 Å². The van der Waals surface area contributed by atoms with E-state index in [4.69, 9.17) is 5.21 Å². The normalized spacial score (nSPS) is 10.7. The lowest BCUT2D eigenvalue weighted by Crippen LogP contribution is -1.90. The fourth-order valence-corrected chi connectivity index (χ4v) is 1.20. The summed E-state index contributed by atoms with van der Waals surface area (Å²) in [4.78, 5) is 0. The van der Waals surface area contributed by atoms with E-state index in [0.717, 1.165) is 6.21 Å². The molecule has 0 aliphatic rings. The predicted molar refractivity (Wildman–Crippen MR) is 48.5 cm³/mol. The Hall–Kier alpha value is -0.650. The van der Waals surface area contributed by atoms with Crippen LogP contribution < -0.4 is 0 Å². The second kappa shape index (κ2) is 3.66. The molecule has 0 spiro atoms. The van der Waals surface area contributed by atoms with Gasteiger partial charge in [-0.05, 0) is 28.7 Å². The van der Waals surface area contributed by atoms with E-state index in [1.165, 1.54) is 6.07 Å². The van der Waals surface area contributed by atoms with E-state index < -0.39 is 0 Å². The van der Waals surface area contributed by atoms with Gasteiger partial charge in [0.15, 0.2) is 0 Å². The quantitative estimate of drug-likeness (QED) is 0.359. The molecule has 0 unspecified atom stereocenters. The van der Waals surface area contributed by atoms with Crippen LogP contribution in [0.3, 0.4) is 0 Å². The van der Waals surface area contributed by atoms with Gasteiger partial charge in [-0.3, -0.25) is 0 Å². The van der Waals surface area contributed by atoms with Crippen molar-refractivity contribution in [3.63, 3.8) is 0 Å². The predicted octanol–water partition coefficient (Wildman–Crippen LogP) is 2.24. The van der Waals surface area contributed by atoms with Crippen molar-refractivity contribution in [3.8, 4) is 0 Å². The fourth-order valence-electron chi connectivity index (χ4n) is 0.682. The smallest absolute Gasteiger partial charge is 0.145 e. The number of nitrogens with zero attached hydrogens (tertiary/aromatic N) is 1. The van der Waals surface area contributed by atoms with Crippen molar-refractivity contribution in [2.45, 2.75) is 0 Å². The molecule has 0 amide bonds. The van der Waals surface area contributed by atoms with Gasteiger partial charge in [-0.1, -0.05) is 17.3 Å². The van der Waals surface area contributed by atoms with Crippen LogP contribution in [-0.2, 0) is 0 Å². The van der Waals surface area contributed by atoms with Crippen LogP contribution in [0, 0.1) is 9.39 Å². The van der Waals surface area contributed by atoms with Gasteiger partial charge in [0, 0.05) is 9.13 Å². The van der Waals surface area contributed by atoms with E-state index in [2.05, 4.69) is 5.16 Å². The molecule has 0 aliphatic heterocycles. The zero-order chi connectivity index (χ0) is 8.27. The highest BCUT2D eigenvalue weighted by molar-refractivity contribution is 14.1. The van der Waals surface area contributed by atoms with Crippen LogP contribution in [-0.4, -0.2) is 11.4 Å². The Morgan fingerprint density at radius 3 is 2.91 bits per heavy atom. The van der Waals surface area contributed by atoms with Crippen molar-refractivity contribution in [1.29, 1.82) is 0 Å². The van der Waals surface area contributed by atoms with Gasteiger partial charge in [0.2, 0.25) is 0 Å². The van der Waals surface area contributed by atoms with Crippen molar-refractivity contribution < 1.29 is 9.60 Å². The Morgan fingerprint density at radius 1 is 1.55 bits per heavy atom. The Bertz CT molecular complexity index is 288. The van der Waals surface area contributed by atoms with Crippen molar-refractivity contribution in [1.82, 2.24) is 0 Å². The Balaban J connectivity index is 3.16. The highest BCUT2D eigenvalue weighted by Gasteiger charge is 2.01. The lowest BCUT2D eigenvalue weighted by molar-refractivity contribution is 0.321. The Labute approximate surface area is 76.9 Å². The molecule has 0 radical (unpaired) electrons. The van der Waals surface area contributed by atoms with Gasteiger partial charge in [-0.2, -0.15) is 0 Å². The third kappa shape index (κ3) is 1.89. The zero-order valence-electron chi connectivity index (χ0n) is 5.46. The molecule has 0 bridgehead atoms. The number of halogens is 2. The zero-order valence-corrected chi connectivity index (χ0v) is 7.62. The second-order valence-corrected chi connectivity index (χ2v) is 3.05. The SMILES string of the molecule is O/N=C\c1cccc(I)c1F. The van der Waals surface area contributed by atoms with Crippen LogP contribution in [0.15, 0.2) is 23.4 Å². The van der Waals surface area contributed by atoms with E-state index in [0.29, 0.717) is 9.13 Å².